The van der Waals surface area contributed by atoms with E-state index in [1.54, 1.807) is 24.3 Å². The van der Waals surface area contributed by atoms with Gasteiger partial charge in [0.2, 0.25) is 9.02 Å². The average Bonchev–Trinajstić information content (AvgIpc) is 2.15. The first-order valence-corrected chi connectivity index (χ1v) is 5.45. The smallest absolute Gasteiger partial charge is 0.260 e. The Morgan fingerprint density at radius 3 is 2.50 bits per heavy atom. The van der Waals surface area contributed by atoms with E-state index in [0.717, 1.165) is 0 Å². The number of hydrogen-bond donors (Lipinski definition) is 1. The van der Waals surface area contributed by atoms with Gasteiger partial charge in [-0.05, 0) is 12.1 Å². The first-order chi connectivity index (χ1) is 6.53. The molecule has 0 saturated heterocycles. The molecule has 3 nitrogen and oxygen atoms in total. The predicted molar refractivity (Wildman–Crippen MR) is 60.0 cm³/mol. The lowest BCUT2D eigenvalue weighted by molar-refractivity contribution is -0.115. The normalized spacial score (nSPS) is 18.7. The number of halogens is 2. The fraction of sp³-hybridized carbons (Fsp3) is 0.111. The van der Waals surface area contributed by atoms with E-state index in [9.17, 15) is 9.59 Å². The molecule has 1 aromatic rings. The number of amides is 1. The zero-order valence-electron chi connectivity index (χ0n) is 6.88. The minimum atomic E-state index is -1.33. The quantitative estimate of drug-likeness (QED) is 0.589. The van der Waals surface area contributed by atoms with E-state index in [-0.39, 0.29) is 5.78 Å². The van der Waals surface area contributed by atoms with Crippen LogP contribution in [0.15, 0.2) is 24.3 Å². The lowest BCUT2D eigenvalue weighted by atomic mass is 10.0. The van der Waals surface area contributed by atoms with Crippen molar-refractivity contribution in [2.24, 2.45) is 0 Å². The molecule has 0 fully saturated rings. The SMILES string of the molecule is O=C1Nc2ccccc2C(=O)C1(Br)Br. The maximum atomic E-state index is 11.8. The number of nitrogens with one attached hydrogen (secondary N) is 1. The van der Waals surface area contributed by atoms with Gasteiger partial charge in [0.05, 0.1) is 5.69 Å². The molecule has 1 amide bonds. The zero-order chi connectivity index (χ0) is 10.3. The van der Waals surface area contributed by atoms with Gasteiger partial charge in [-0.15, -0.1) is 0 Å². The molecule has 1 N–H and O–H groups in total. The van der Waals surface area contributed by atoms with Gasteiger partial charge in [0.25, 0.3) is 5.91 Å². The van der Waals surface area contributed by atoms with Crippen LogP contribution in [0.25, 0.3) is 0 Å². The maximum Gasteiger partial charge on any atom is 0.260 e. The lowest BCUT2D eigenvalue weighted by Gasteiger charge is -2.25. The molecule has 0 spiro atoms. The molecule has 14 heavy (non-hydrogen) atoms. The molecule has 5 heteroatoms. The van der Waals surface area contributed by atoms with E-state index in [0.29, 0.717) is 11.3 Å². The van der Waals surface area contributed by atoms with Gasteiger partial charge in [0.15, 0.2) is 0 Å². The first kappa shape index (κ1) is 9.86. The van der Waals surface area contributed by atoms with Crippen molar-refractivity contribution in [1.29, 1.82) is 0 Å². The molecular weight excluding hydrogens is 314 g/mol. The van der Waals surface area contributed by atoms with Crippen molar-refractivity contribution in [3.05, 3.63) is 29.8 Å². The molecule has 0 aromatic heterocycles. The Kier molecular flexibility index (Phi) is 2.23. The van der Waals surface area contributed by atoms with E-state index in [4.69, 9.17) is 0 Å². The highest BCUT2D eigenvalue weighted by Crippen LogP contribution is 2.37. The highest BCUT2D eigenvalue weighted by molar-refractivity contribution is 9.26. The molecule has 0 bridgehead atoms. The molecule has 72 valence electrons. The average molecular weight is 319 g/mol. The number of ketones is 1. The summed E-state index contributed by atoms with van der Waals surface area (Å²) in [5.74, 6) is -0.682. The van der Waals surface area contributed by atoms with Crippen LogP contribution in [-0.4, -0.2) is 14.9 Å². The van der Waals surface area contributed by atoms with Gasteiger partial charge in [-0.25, -0.2) is 0 Å². The molecule has 0 atom stereocenters. The Hall–Kier alpha value is -0.680. The Morgan fingerprint density at radius 2 is 1.79 bits per heavy atom. The van der Waals surface area contributed by atoms with Gasteiger partial charge in [-0.3, -0.25) is 9.59 Å². The highest BCUT2D eigenvalue weighted by atomic mass is 79.9. The van der Waals surface area contributed by atoms with Gasteiger partial charge in [-0.1, -0.05) is 44.0 Å². The number of Topliss-reactive ketones (excluding diaryl/α,β-unsaturated/α-hetero) is 1. The Morgan fingerprint density at radius 1 is 1.14 bits per heavy atom. The number of carbonyl (C=O) groups excluding carboxylic acids is 2. The minimum absolute atomic E-state index is 0.281. The summed E-state index contributed by atoms with van der Waals surface area (Å²) in [5.41, 5.74) is 1.05. The molecule has 0 aliphatic carbocycles. The number of hydrogen-bond acceptors (Lipinski definition) is 2. The summed E-state index contributed by atoms with van der Waals surface area (Å²) < 4.78 is -1.33. The van der Waals surface area contributed by atoms with Crippen LogP contribution >= 0.6 is 31.9 Å². The highest BCUT2D eigenvalue weighted by Gasteiger charge is 2.45. The van der Waals surface area contributed by atoms with E-state index in [1.165, 1.54) is 0 Å². The van der Waals surface area contributed by atoms with Gasteiger partial charge in [0.1, 0.15) is 0 Å². The van der Waals surface area contributed by atoms with Crippen LogP contribution in [0.1, 0.15) is 10.4 Å². The zero-order valence-corrected chi connectivity index (χ0v) is 10.1. The molecule has 1 aromatic carbocycles. The van der Waals surface area contributed by atoms with Crippen LogP contribution in [0.5, 0.6) is 0 Å². The number of benzene rings is 1. The molecule has 0 radical (unpaired) electrons. The molecule has 0 saturated carbocycles. The molecule has 1 heterocycles. The third-order valence-electron chi connectivity index (χ3n) is 1.99. The van der Waals surface area contributed by atoms with Crippen LogP contribution in [0, 0.1) is 0 Å². The topological polar surface area (TPSA) is 46.2 Å². The lowest BCUT2D eigenvalue weighted by Crippen LogP contribution is -2.43. The molecule has 1 aliphatic rings. The Bertz CT molecular complexity index is 429. The summed E-state index contributed by atoms with van der Waals surface area (Å²) >= 11 is 6.10. The summed E-state index contributed by atoms with van der Waals surface area (Å²) in [6, 6.07) is 6.89. The van der Waals surface area contributed by atoms with Crippen molar-refractivity contribution < 1.29 is 9.59 Å². The second-order valence-electron chi connectivity index (χ2n) is 2.90. The number of alkyl halides is 2. The second kappa shape index (κ2) is 3.17. The Labute approximate surface area is 97.1 Å². The van der Waals surface area contributed by atoms with Crippen LogP contribution in [0.3, 0.4) is 0 Å². The minimum Gasteiger partial charge on any atom is -0.323 e. The van der Waals surface area contributed by atoms with E-state index >= 15 is 0 Å². The molecule has 0 unspecified atom stereocenters. The van der Waals surface area contributed by atoms with Crippen LogP contribution in [0.2, 0.25) is 0 Å². The number of para-hydroxylation sites is 1. The van der Waals surface area contributed by atoms with E-state index in [1.807, 2.05) is 0 Å². The fourth-order valence-electron chi connectivity index (χ4n) is 1.26. The van der Waals surface area contributed by atoms with Gasteiger partial charge >= 0.3 is 0 Å². The number of anilines is 1. The first-order valence-electron chi connectivity index (χ1n) is 3.86. The largest absolute Gasteiger partial charge is 0.323 e. The third-order valence-corrected chi connectivity index (χ3v) is 3.43. The molecule has 2 rings (SSSR count). The van der Waals surface area contributed by atoms with Crippen LogP contribution in [-0.2, 0) is 4.79 Å². The van der Waals surface area contributed by atoms with Crippen molar-refractivity contribution in [2.45, 2.75) is 3.23 Å². The fourth-order valence-corrected chi connectivity index (χ4v) is 1.89. The maximum absolute atomic E-state index is 11.8. The summed E-state index contributed by atoms with van der Waals surface area (Å²) in [5, 5.41) is 2.63. The van der Waals surface area contributed by atoms with Gasteiger partial charge in [-0.2, -0.15) is 0 Å². The molecular formula is C9H5Br2NO2. The van der Waals surface area contributed by atoms with Gasteiger partial charge < -0.3 is 5.32 Å². The van der Waals surface area contributed by atoms with Gasteiger partial charge in [0, 0.05) is 5.56 Å². The summed E-state index contributed by atoms with van der Waals surface area (Å²) in [6.07, 6.45) is 0. The third kappa shape index (κ3) is 1.31. The second-order valence-corrected chi connectivity index (χ2v) is 6.35. The predicted octanol–water partition coefficient (Wildman–Crippen LogP) is 2.31. The van der Waals surface area contributed by atoms with Crippen molar-refractivity contribution >= 4 is 49.2 Å². The van der Waals surface area contributed by atoms with Crippen molar-refractivity contribution in [3.8, 4) is 0 Å². The van der Waals surface area contributed by atoms with Crippen LogP contribution < -0.4 is 5.32 Å². The van der Waals surface area contributed by atoms with E-state index in [2.05, 4.69) is 37.2 Å². The molecule has 1 aliphatic heterocycles. The summed E-state index contributed by atoms with van der Waals surface area (Å²) in [7, 11) is 0. The monoisotopic (exact) mass is 317 g/mol. The van der Waals surface area contributed by atoms with E-state index < -0.39 is 9.14 Å². The van der Waals surface area contributed by atoms with Crippen molar-refractivity contribution in [1.82, 2.24) is 0 Å². The Balaban J connectivity index is 2.61. The standard InChI is InChI=1S/C9H5Br2NO2/c10-9(11)7(13)5-3-1-2-4-6(5)12-8(9)14/h1-4H,(H,12,14). The van der Waals surface area contributed by atoms with Crippen molar-refractivity contribution in [2.75, 3.05) is 5.32 Å². The number of fused-ring (bicyclic) bond motifs is 1. The number of carbonyl (C=O) groups is 2. The summed E-state index contributed by atoms with van der Waals surface area (Å²) in [4.78, 5) is 23.3. The number of rotatable bonds is 0. The van der Waals surface area contributed by atoms with Crippen LogP contribution in [0.4, 0.5) is 5.69 Å². The van der Waals surface area contributed by atoms with Crippen molar-refractivity contribution in [3.63, 3.8) is 0 Å². The summed E-state index contributed by atoms with van der Waals surface area (Å²) in [6.45, 7) is 0.